The Kier molecular flexibility index (Phi) is 5.13. The van der Waals surface area contributed by atoms with Crippen LogP contribution in [0.5, 0.6) is 0 Å². The minimum Gasteiger partial charge on any atom is -0.322 e. The molecular weight excluding hydrogens is 396 g/mol. The van der Waals surface area contributed by atoms with Crippen LogP contribution in [0.4, 0.5) is 5.69 Å². The maximum atomic E-state index is 12.8. The van der Waals surface area contributed by atoms with Gasteiger partial charge in [0.15, 0.2) is 0 Å². The van der Waals surface area contributed by atoms with E-state index in [0.717, 1.165) is 30.1 Å². The molecule has 1 saturated heterocycles. The van der Waals surface area contributed by atoms with E-state index in [0.29, 0.717) is 35.8 Å². The van der Waals surface area contributed by atoms with Crippen molar-refractivity contribution in [3.8, 4) is 0 Å². The maximum absolute atomic E-state index is 12.8. The van der Waals surface area contributed by atoms with Crippen molar-refractivity contribution >= 4 is 44.4 Å². The number of anilines is 1. The number of hydrogen-bond acceptors (Lipinski definition) is 6. The third-order valence-electron chi connectivity index (χ3n) is 4.89. The number of amides is 1. The highest BCUT2D eigenvalue weighted by Gasteiger charge is 2.28. The molecule has 1 fully saturated rings. The van der Waals surface area contributed by atoms with E-state index in [1.807, 2.05) is 0 Å². The monoisotopic (exact) mass is 416 g/mol. The van der Waals surface area contributed by atoms with Gasteiger partial charge in [-0.25, -0.2) is 8.42 Å². The van der Waals surface area contributed by atoms with Gasteiger partial charge in [0, 0.05) is 24.3 Å². The van der Waals surface area contributed by atoms with Crippen LogP contribution in [0, 0.1) is 5.92 Å². The fraction of sp³-hybridized carbons (Fsp3) is 0.316. The van der Waals surface area contributed by atoms with Gasteiger partial charge in [-0.15, -0.1) is 0 Å². The Hall–Kier alpha value is -2.36. The van der Waals surface area contributed by atoms with E-state index >= 15 is 0 Å². The van der Waals surface area contributed by atoms with Gasteiger partial charge in [-0.3, -0.25) is 4.79 Å². The zero-order valence-corrected chi connectivity index (χ0v) is 17.0. The van der Waals surface area contributed by atoms with Gasteiger partial charge in [0.05, 0.1) is 16.6 Å². The van der Waals surface area contributed by atoms with Crippen molar-refractivity contribution in [3.05, 3.63) is 48.0 Å². The van der Waals surface area contributed by atoms with Crippen molar-refractivity contribution in [2.24, 2.45) is 5.92 Å². The Labute approximate surface area is 167 Å². The number of nitrogens with one attached hydrogen (secondary N) is 1. The number of aromatic nitrogens is 2. The molecule has 0 bridgehead atoms. The van der Waals surface area contributed by atoms with Gasteiger partial charge < -0.3 is 5.32 Å². The Bertz CT molecular complexity index is 1110. The normalized spacial score (nSPS) is 18.2. The van der Waals surface area contributed by atoms with E-state index in [4.69, 9.17) is 0 Å². The SMILES string of the molecule is CC1CCCN(S(=O)(=O)c2ccc(NC(=O)c3ccc4nsnc4c3)cc2)C1. The molecule has 4 rings (SSSR count). The molecular formula is C19H20N4O3S2. The average Bonchev–Trinajstić information content (AvgIpc) is 3.16. The molecule has 9 heteroatoms. The van der Waals surface area contributed by atoms with Gasteiger partial charge in [-0.1, -0.05) is 6.92 Å². The van der Waals surface area contributed by atoms with Crippen molar-refractivity contribution < 1.29 is 13.2 Å². The molecule has 2 aromatic carbocycles. The Morgan fingerprint density at radius 3 is 2.64 bits per heavy atom. The summed E-state index contributed by atoms with van der Waals surface area (Å²) in [5.41, 5.74) is 2.43. The van der Waals surface area contributed by atoms with E-state index in [-0.39, 0.29) is 10.8 Å². The van der Waals surface area contributed by atoms with Gasteiger partial charge >= 0.3 is 0 Å². The van der Waals surface area contributed by atoms with Crippen molar-refractivity contribution in [2.75, 3.05) is 18.4 Å². The van der Waals surface area contributed by atoms with Crippen LogP contribution in [0.3, 0.4) is 0 Å². The number of rotatable bonds is 4. The predicted octanol–water partition coefficient (Wildman–Crippen LogP) is 3.36. The summed E-state index contributed by atoms with van der Waals surface area (Å²) in [5, 5.41) is 2.79. The molecule has 1 aliphatic rings. The molecule has 0 radical (unpaired) electrons. The van der Waals surface area contributed by atoms with Crippen LogP contribution in [0.25, 0.3) is 11.0 Å². The molecule has 0 aliphatic carbocycles. The van der Waals surface area contributed by atoms with E-state index in [1.54, 1.807) is 34.6 Å². The largest absolute Gasteiger partial charge is 0.322 e. The molecule has 1 N–H and O–H groups in total. The molecule has 1 atom stereocenters. The van der Waals surface area contributed by atoms with Crippen LogP contribution in [0.2, 0.25) is 0 Å². The standard InChI is InChI=1S/C19H20N4O3S2/c1-13-3-2-10-23(12-13)28(25,26)16-7-5-15(6-8-16)20-19(24)14-4-9-17-18(11-14)22-27-21-17/h4-9,11,13H,2-3,10,12H2,1H3,(H,20,24). The zero-order valence-electron chi connectivity index (χ0n) is 15.3. The van der Waals surface area contributed by atoms with Crippen molar-refractivity contribution in [2.45, 2.75) is 24.7 Å². The molecule has 1 aliphatic heterocycles. The molecule has 2 heterocycles. The van der Waals surface area contributed by atoms with Crippen molar-refractivity contribution in [3.63, 3.8) is 0 Å². The second-order valence-electron chi connectivity index (χ2n) is 7.06. The number of piperidine rings is 1. The summed E-state index contributed by atoms with van der Waals surface area (Å²) in [5.74, 6) is 0.0858. The van der Waals surface area contributed by atoms with E-state index in [2.05, 4.69) is 21.0 Å². The summed E-state index contributed by atoms with van der Waals surface area (Å²) in [6.07, 6.45) is 1.94. The first kappa shape index (κ1) is 19.0. The lowest BCUT2D eigenvalue weighted by Gasteiger charge is -2.30. The van der Waals surface area contributed by atoms with Crippen molar-refractivity contribution in [1.29, 1.82) is 0 Å². The fourth-order valence-electron chi connectivity index (χ4n) is 3.35. The smallest absolute Gasteiger partial charge is 0.255 e. The third-order valence-corrected chi connectivity index (χ3v) is 7.32. The van der Waals surface area contributed by atoms with Crippen LogP contribution in [-0.4, -0.2) is 40.5 Å². The molecule has 1 unspecified atom stereocenters. The van der Waals surface area contributed by atoms with Crippen LogP contribution in [-0.2, 0) is 10.0 Å². The first-order valence-electron chi connectivity index (χ1n) is 9.07. The van der Waals surface area contributed by atoms with Gasteiger partial charge in [0.2, 0.25) is 10.0 Å². The minimum atomic E-state index is -3.50. The number of sulfonamides is 1. The lowest BCUT2D eigenvalue weighted by atomic mass is 10.0. The minimum absolute atomic E-state index is 0.245. The Balaban J connectivity index is 1.49. The number of carbonyl (C=O) groups excluding carboxylic acids is 1. The lowest BCUT2D eigenvalue weighted by molar-refractivity contribution is 0.102. The van der Waals surface area contributed by atoms with E-state index < -0.39 is 10.0 Å². The molecule has 1 aromatic heterocycles. The highest BCUT2D eigenvalue weighted by Crippen LogP contribution is 2.24. The Morgan fingerprint density at radius 1 is 1.14 bits per heavy atom. The number of nitrogens with zero attached hydrogens (tertiary/aromatic N) is 3. The molecule has 3 aromatic rings. The lowest BCUT2D eigenvalue weighted by Crippen LogP contribution is -2.39. The highest BCUT2D eigenvalue weighted by molar-refractivity contribution is 7.89. The van der Waals surface area contributed by atoms with Crippen LogP contribution < -0.4 is 5.32 Å². The highest BCUT2D eigenvalue weighted by atomic mass is 32.2. The Morgan fingerprint density at radius 2 is 1.89 bits per heavy atom. The number of fused-ring (bicyclic) bond motifs is 1. The molecule has 0 saturated carbocycles. The molecule has 7 nitrogen and oxygen atoms in total. The molecule has 28 heavy (non-hydrogen) atoms. The first-order valence-corrected chi connectivity index (χ1v) is 11.2. The van der Waals surface area contributed by atoms with Gasteiger partial charge in [-0.05, 0) is 61.2 Å². The second-order valence-corrected chi connectivity index (χ2v) is 9.52. The number of hydrogen-bond donors (Lipinski definition) is 1. The van der Waals surface area contributed by atoms with Gasteiger partial charge in [0.25, 0.3) is 5.91 Å². The molecule has 1 amide bonds. The zero-order chi connectivity index (χ0) is 19.7. The third kappa shape index (κ3) is 3.78. The van der Waals surface area contributed by atoms with Crippen LogP contribution in [0.1, 0.15) is 30.1 Å². The summed E-state index contributed by atoms with van der Waals surface area (Å²) in [7, 11) is -3.50. The molecule has 146 valence electrons. The van der Waals surface area contributed by atoms with Gasteiger partial charge in [0.1, 0.15) is 11.0 Å². The predicted molar refractivity (Wildman–Crippen MR) is 109 cm³/mol. The fourth-order valence-corrected chi connectivity index (χ4v) is 5.47. The number of carbonyl (C=O) groups is 1. The van der Waals surface area contributed by atoms with Crippen molar-refractivity contribution in [1.82, 2.24) is 13.1 Å². The second kappa shape index (κ2) is 7.57. The number of benzene rings is 2. The van der Waals surface area contributed by atoms with Crippen LogP contribution >= 0.6 is 11.7 Å². The summed E-state index contributed by atoms with van der Waals surface area (Å²) in [6.45, 7) is 3.17. The quantitative estimate of drug-likeness (QED) is 0.704. The van der Waals surface area contributed by atoms with E-state index in [9.17, 15) is 13.2 Å². The molecule has 0 spiro atoms. The first-order chi connectivity index (χ1) is 13.4. The van der Waals surface area contributed by atoms with Gasteiger partial charge in [-0.2, -0.15) is 13.1 Å². The maximum Gasteiger partial charge on any atom is 0.255 e. The summed E-state index contributed by atoms with van der Waals surface area (Å²) in [4.78, 5) is 12.7. The summed E-state index contributed by atoms with van der Waals surface area (Å²) in [6, 6.07) is 11.4. The topological polar surface area (TPSA) is 92.3 Å². The summed E-state index contributed by atoms with van der Waals surface area (Å²) < 4.78 is 35.4. The van der Waals surface area contributed by atoms with E-state index in [1.165, 1.54) is 12.1 Å². The summed E-state index contributed by atoms with van der Waals surface area (Å²) >= 11 is 1.10. The van der Waals surface area contributed by atoms with Crippen LogP contribution in [0.15, 0.2) is 47.4 Å². The average molecular weight is 417 g/mol.